The molecule has 1 N–H and O–H groups in total. The van der Waals surface area contributed by atoms with Gasteiger partial charge in [-0.1, -0.05) is 35.9 Å². The second kappa shape index (κ2) is 5.98. The van der Waals surface area contributed by atoms with Crippen LogP contribution in [0.1, 0.15) is 17.2 Å². The molecule has 1 unspecified atom stereocenters. The highest BCUT2D eigenvalue weighted by Gasteiger charge is 2.09. The van der Waals surface area contributed by atoms with Crippen molar-refractivity contribution < 1.29 is 4.39 Å². The third-order valence-electron chi connectivity index (χ3n) is 2.97. The molecule has 0 saturated heterocycles. The minimum Gasteiger partial charge on any atom is -0.313 e. The van der Waals surface area contributed by atoms with Crippen LogP contribution in [0.15, 0.2) is 48.5 Å². The van der Waals surface area contributed by atoms with Crippen LogP contribution in [0.5, 0.6) is 0 Å². The lowest BCUT2D eigenvalue weighted by molar-refractivity contribution is 0.589. The third kappa shape index (κ3) is 3.31. The Balaban J connectivity index is 2.14. The summed E-state index contributed by atoms with van der Waals surface area (Å²) in [6, 6.07) is 14.6. The maximum atomic E-state index is 12.8. The highest BCUT2D eigenvalue weighted by molar-refractivity contribution is 6.30. The summed E-state index contributed by atoms with van der Waals surface area (Å²) in [7, 11) is 1.92. The zero-order valence-corrected chi connectivity index (χ0v) is 10.9. The topological polar surface area (TPSA) is 12.0 Å². The average Bonchev–Trinajstić information content (AvgIpc) is 2.39. The first-order valence-corrected chi connectivity index (χ1v) is 6.24. The Morgan fingerprint density at radius 1 is 1.06 bits per heavy atom. The van der Waals surface area contributed by atoms with Crippen LogP contribution < -0.4 is 5.32 Å². The van der Waals surface area contributed by atoms with Crippen molar-refractivity contribution in [3.05, 3.63) is 70.5 Å². The summed E-state index contributed by atoms with van der Waals surface area (Å²) in [5.41, 5.74) is 2.27. The molecule has 0 aliphatic rings. The molecule has 0 aliphatic heterocycles. The van der Waals surface area contributed by atoms with Gasteiger partial charge in [-0.15, -0.1) is 0 Å². The fraction of sp³-hybridized carbons (Fsp3) is 0.200. The van der Waals surface area contributed by atoms with Crippen molar-refractivity contribution in [2.24, 2.45) is 0 Å². The monoisotopic (exact) mass is 263 g/mol. The zero-order valence-electron chi connectivity index (χ0n) is 10.2. The Hall–Kier alpha value is -1.38. The Kier molecular flexibility index (Phi) is 4.34. The summed E-state index contributed by atoms with van der Waals surface area (Å²) in [6.07, 6.45) is 0.818. The first kappa shape index (κ1) is 13.1. The second-order valence-corrected chi connectivity index (χ2v) is 4.66. The normalized spacial score (nSPS) is 12.4. The Morgan fingerprint density at radius 2 is 1.67 bits per heavy atom. The van der Waals surface area contributed by atoms with Crippen LogP contribution in [0.4, 0.5) is 4.39 Å². The molecule has 18 heavy (non-hydrogen) atoms. The van der Waals surface area contributed by atoms with Crippen LogP contribution >= 0.6 is 11.6 Å². The van der Waals surface area contributed by atoms with E-state index in [4.69, 9.17) is 11.6 Å². The molecule has 1 atom stereocenters. The molecule has 2 aromatic carbocycles. The predicted molar refractivity (Wildman–Crippen MR) is 73.4 cm³/mol. The lowest BCUT2D eigenvalue weighted by atomic mass is 9.99. The van der Waals surface area contributed by atoms with Crippen LogP contribution in [0.25, 0.3) is 0 Å². The van der Waals surface area contributed by atoms with Gasteiger partial charge >= 0.3 is 0 Å². The lowest BCUT2D eigenvalue weighted by Crippen LogP contribution is -2.18. The van der Waals surface area contributed by atoms with Gasteiger partial charge in [-0.2, -0.15) is 0 Å². The van der Waals surface area contributed by atoms with Gasteiger partial charge in [0.15, 0.2) is 0 Å². The van der Waals surface area contributed by atoms with E-state index >= 15 is 0 Å². The highest BCUT2D eigenvalue weighted by atomic mass is 35.5. The summed E-state index contributed by atoms with van der Waals surface area (Å²) in [5, 5.41) is 4.00. The van der Waals surface area contributed by atoms with Crippen LogP contribution in [0.3, 0.4) is 0 Å². The number of hydrogen-bond acceptors (Lipinski definition) is 1. The van der Waals surface area contributed by atoms with Gasteiger partial charge in [-0.25, -0.2) is 4.39 Å². The fourth-order valence-electron chi connectivity index (χ4n) is 1.94. The number of rotatable bonds is 4. The van der Waals surface area contributed by atoms with E-state index in [9.17, 15) is 4.39 Å². The Labute approximate surface area is 112 Å². The number of benzene rings is 2. The van der Waals surface area contributed by atoms with Gasteiger partial charge in [0.05, 0.1) is 0 Å². The van der Waals surface area contributed by atoms with Gasteiger partial charge in [0, 0.05) is 11.1 Å². The summed E-state index contributed by atoms with van der Waals surface area (Å²) < 4.78 is 12.8. The van der Waals surface area contributed by atoms with Crippen molar-refractivity contribution in [3.63, 3.8) is 0 Å². The molecule has 0 amide bonds. The quantitative estimate of drug-likeness (QED) is 0.880. The Bertz CT molecular complexity index is 493. The molecule has 0 heterocycles. The standard InChI is InChI=1S/C15H15ClFN/c1-18-15(12-4-6-13(16)7-5-12)10-11-2-8-14(17)9-3-11/h2-9,15,18H,10H2,1H3. The molecule has 2 aromatic rings. The largest absolute Gasteiger partial charge is 0.313 e. The average molecular weight is 264 g/mol. The van der Waals surface area contributed by atoms with E-state index in [1.165, 1.54) is 17.7 Å². The van der Waals surface area contributed by atoms with Gasteiger partial charge in [-0.3, -0.25) is 0 Å². The SMILES string of the molecule is CNC(Cc1ccc(F)cc1)c1ccc(Cl)cc1. The van der Waals surface area contributed by atoms with Gasteiger partial charge in [-0.05, 0) is 48.9 Å². The van der Waals surface area contributed by atoms with E-state index < -0.39 is 0 Å². The second-order valence-electron chi connectivity index (χ2n) is 4.22. The molecule has 0 spiro atoms. The van der Waals surface area contributed by atoms with E-state index in [-0.39, 0.29) is 11.9 Å². The molecule has 1 nitrogen and oxygen atoms in total. The van der Waals surface area contributed by atoms with Crippen LogP contribution in [0, 0.1) is 5.82 Å². The maximum Gasteiger partial charge on any atom is 0.123 e. The smallest absolute Gasteiger partial charge is 0.123 e. The molecule has 2 rings (SSSR count). The van der Waals surface area contributed by atoms with Gasteiger partial charge in [0.25, 0.3) is 0 Å². The van der Waals surface area contributed by atoms with Crippen molar-refractivity contribution in [1.82, 2.24) is 5.32 Å². The zero-order chi connectivity index (χ0) is 13.0. The summed E-state index contributed by atoms with van der Waals surface area (Å²) in [5.74, 6) is -0.203. The van der Waals surface area contributed by atoms with Crippen LogP contribution in [0.2, 0.25) is 5.02 Å². The number of likely N-dealkylation sites (N-methyl/N-ethyl adjacent to an activating group) is 1. The van der Waals surface area contributed by atoms with Crippen molar-refractivity contribution in [2.75, 3.05) is 7.05 Å². The number of nitrogens with one attached hydrogen (secondary N) is 1. The molecular weight excluding hydrogens is 249 g/mol. The van der Waals surface area contributed by atoms with Crippen LogP contribution in [-0.2, 0) is 6.42 Å². The fourth-order valence-corrected chi connectivity index (χ4v) is 2.06. The van der Waals surface area contributed by atoms with Crippen molar-refractivity contribution in [1.29, 1.82) is 0 Å². The molecule has 3 heteroatoms. The minimum absolute atomic E-state index is 0.202. The molecule has 0 saturated carbocycles. The molecule has 0 aromatic heterocycles. The van der Waals surface area contributed by atoms with Crippen molar-refractivity contribution >= 4 is 11.6 Å². The first-order chi connectivity index (χ1) is 8.69. The predicted octanol–water partition coefficient (Wildman–Crippen LogP) is 3.98. The molecular formula is C15H15ClFN. The van der Waals surface area contributed by atoms with Crippen LogP contribution in [-0.4, -0.2) is 7.05 Å². The lowest BCUT2D eigenvalue weighted by Gasteiger charge is -2.17. The van der Waals surface area contributed by atoms with Gasteiger partial charge in [0.2, 0.25) is 0 Å². The number of halogens is 2. The van der Waals surface area contributed by atoms with Crippen molar-refractivity contribution in [2.45, 2.75) is 12.5 Å². The minimum atomic E-state index is -0.203. The summed E-state index contributed by atoms with van der Waals surface area (Å²) in [4.78, 5) is 0. The maximum absolute atomic E-state index is 12.8. The number of hydrogen-bond donors (Lipinski definition) is 1. The summed E-state index contributed by atoms with van der Waals surface area (Å²) in [6.45, 7) is 0. The third-order valence-corrected chi connectivity index (χ3v) is 3.23. The van der Waals surface area contributed by atoms with E-state index in [0.29, 0.717) is 0 Å². The molecule has 0 radical (unpaired) electrons. The van der Waals surface area contributed by atoms with Gasteiger partial charge < -0.3 is 5.32 Å². The van der Waals surface area contributed by atoms with Crippen molar-refractivity contribution in [3.8, 4) is 0 Å². The molecule has 0 bridgehead atoms. The van der Waals surface area contributed by atoms with E-state index in [1.54, 1.807) is 0 Å². The molecule has 0 fully saturated rings. The highest BCUT2D eigenvalue weighted by Crippen LogP contribution is 2.20. The Morgan fingerprint density at radius 3 is 2.22 bits per heavy atom. The van der Waals surface area contributed by atoms with E-state index in [1.807, 2.05) is 43.4 Å². The molecule has 0 aliphatic carbocycles. The summed E-state index contributed by atoms with van der Waals surface area (Å²) >= 11 is 5.88. The van der Waals surface area contributed by atoms with E-state index in [2.05, 4.69) is 5.32 Å². The first-order valence-electron chi connectivity index (χ1n) is 5.86. The van der Waals surface area contributed by atoms with Gasteiger partial charge in [0.1, 0.15) is 5.82 Å². The molecule has 94 valence electrons. The van der Waals surface area contributed by atoms with E-state index in [0.717, 1.165) is 17.0 Å².